The summed E-state index contributed by atoms with van der Waals surface area (Å²) >= 11 is 0. The third kappa shape index (κ3) is 8.76. The summed E-state index contributed by atoms with van der Waals surface area (Å²) in [4.78, 5) is 0. The van der Waals surface area contributed by atoms with E-state index in [4.69, 9.17) is 9.47 Å². The Morgan fingerprint density at radius 1 is 0.656 bits per heavy atom. The van der Waals surface area contributed by atoms with Crippen molar-refractivity contribution in [3.63, 3.8) is 0 Å². The standard InChI is InChI=1S/C29H36O3/c1-2-3-4-5-12-17-27(30)18-26-19-28(31-22-24-13-8-6-9-14-24)21-29(20-26)32-23-25-15-10-7-11-16-25/h6-11,13-16,19-21,27,30H,2-5,12,17-18,22-23H2,1H3/t27-/m1/s1. The zero-order chi connectivity index (χ0) is 22.4. The van der Waals surface area contributed by atoms with Gasteiger partial charge in [0.1, 0.15) is 24.7 Å². The summed E-state index contributed by atoms with van der Waals surface area (Å²) in [7, 11) is 0. The van der Waals surface area contributed by atoms with Gasteiger partial charge in [-0.25, -0.2) is 0 Å². The van der Waals surface area contributed by atoms with E-state index in [1.807, 2.05) is 54.6 Å². The van der Waals surface area contributed by atoms with E-state index in [9.17, 15) is 5.11 Å². The Hall–Kier alpha value is -2.78. The summed E-state index contributed by atoms with van der Waals surface area (Å²) in [6.07, 6.45) is 7.13. The number of hydrogen-bond acceptors (Lipinski definition) is 3. The third-order valence-corrected chi connectivity index (χ3v) is 5.55. The van der Waals surface area contributed by atoms with Crippen molar-refractivity contribution in [3.8, 4) is 11.5 Å². The van der Waals surface area contributed by atoms with Gasteiger partial charge in [0.15, 0.2) is 0 Å². The summed E-state index contributed by atoms with van der Waals surface area (Å²) in [6, 6.07) is 26.3. The number of ether oxygens (including phenoxy) is 2. The maximum Gasteiger partial charge on any atom is 0.123 e. The van der Waals surface area contributed by atoms with Gasteiger partial charge in [-0.1, -0.05) is 99.7 Å². The molecule has 0 saturated heterocycles. The molecule has 0 spiro atoms. The minimum Gasteiger partial charge on any atom is -0.489 e. The molecule has 3 aromatic carbocycles. The van der Waals surface area contributed by atoms with E-state index in [-0.39, 0.29) is 6.10 Å². The summed E-state index contributed by atoms with van der Waals surface area (Å²) in [5.41, 5.74) is 3.29. The number of rotatable bonds is 14. The second-order valence-corrected chi connectivity index (χ2v) is 8.42. The molecule has 0 radical (unpaired) electrons. The average Bonchev–Trinajstić information content (AvgIpc) is 2.82. The first-order valence-corrected chi connectivity index (χ1v) is 11.9. The molecular weight excluding hydrogens is 396 g/mol. The van der Waals surface area contributed by atoms with Gasteiger partial charge in [-0.2, -0.15) is 0 Å². The lowest BCUT2D eigenvalue weighted by atomic mass is 10.0. The highest BCUT2D eigenvalue weighted by Crippen LogP contribution is 2.26. The van der Waals surface area contributed by atoms with Gasteiger partial charge in [-0.05, 0) is 41.7 Å². The van der Waals surface area contributed by atoms with Gasteiger partial charge in [0.25, 0.3) is 0 Å². The highest BCUT2D eigenvalue weighted by Gasteiger charge is 2.10. The Labute approximate surface area is 193 Å². The zero-order valence-corrected chi connectivity index (χ0v) is 19.2. The normalized spacial score (nSPS) is 11.8. The molecule has 32 heavy (non-hydrogen) atoms. The van der Waals surface area contributed by atoms with Crippen molar-refractivity contribution in [1.29, 1.82) is 0 Å². The minimum atomic E-state index is -0.344. The molecule has 0 fully saturated rings. The molecule has 0 amide bonds. The van der Waals surface area contributed by atoms with Gasteiger partial charge in [0, 0.05) is 6.07 Å². The fourth-order valence-electron chi connectivity index (χ4n) is 3.75. The van der Waals surface area contributed by atoms with Crippen LogP contribution in [0.3, 0.4) is 0 Å². The second kappa shape index (κ2) is 13.6. The van der Waals surface area contributed by atoms with E-state index in [1.165, 1.54) is 25.7 Å². The fourth-order valence-corrected chi connectivity index (χ4v) is 3.75. The van der Waals surface area contributed by atoms with Crippen molar-refractivity contribution in [1.82, 2.24) is 0 Å². The fraction of sp³-hybridized carbons (Fsp3) is 0.379. The van der Waals surface area contributed by atoms with Crippen LogP contribution < -0.4 is 9.47 Å². The van der Waals surface area contributed by atoms with E-state index in [1.54, 1.807) is 0 Å². The zero-order valence-electron chi connectivity index (χ0n) is 19.2. The van der Waals surface area contributed by atoms with Crippen molar-refractivity contribution in [3.05, 3.63) is 95.6 Å². The number of benzene rings is 3. The Morgan fingerprint density at radius 3 is 1.72 bits per heavy atom. The van der Waals surface area contributed by atoms with E-state index in [0.29, 0.717) is 19.6 Å². The predicted octanol–water partition coefficient (Wildman–Crippen LogP) is 7.11. The molecule has 0 saturated carbocycles. The topological polar surface area (TPSA) is 38.7 Å². The van der Waals surface area contributed by atoms with E-state index in [2.05, 4.69) is 31.2 Å². The van der Waals surface area contributed by atoms with Gasteiger partial charge in [0.05, 0.1) is 6.10 Å². The molecule has 3 aromatic rings. The maximum absolute atomic E-state index is 10.6. The summed E-state index contributed by atoms with van der Waals surface area (Å²) < 4.78 is 12.1. The molecule has 0 aliphatic heterocycles. The molecule has 3 heteroatoms. The van der Waals surface area contributed by atoms with Crippen LogP contribution in [0.15, 0.2) is 78.9 Å². The highest BCUT2D eigenvalue weighted by molar-refractivity contribution is 5.39. The van der Waals surface area contributed by atoms with Crippen LogP contribution in [0, 0.1) is 0 Å². The van der Waals surface area contributed by atoms with Gasteiger partial charge >= 0.3 is 0 Å². The first kappa shape index (κ1) is 23.9. The molecule has 0 heterocycles. The van der Waals surface area contributed by atoms with Gasteiger partial charge in [0.2, 0.25) is 0 Å². The largest absolute Gasteiger partial charge is 0.489 e. The van der Waals surface area contributed by atoms with Gasteiger partial charge in [-0.15, -0.1) is 0 Å². The lowest BCUT2D eigenvalue weighted by molar-refractivity contribution is 0.160. The lowest BCUT2D eigenvalue weighted by Gasteiger charge is -2.15. The van der Waals surface area contributed by atoms with Crippen LogP contribution in [-0.4, -0.2) is 11.2 Å². The molecule has 170 valence electrons. The average molecular weight is 433 g/mol. The van der Waals surface area contributed by atoms with Gasteiger partial charge in [-0.3, -0.25) is 0 Å². The van der Waals surface area contributed by atoms with E-state index in [0.717, 1.165) is 41.0 Å². The molecular formula is C29H36O3. The van der Waals surface area contributed by atoms with Crippen LogP contribution in [0.1, 0.15) is 62.1 Å². The number of aliphatic hydroxyl groups is 1. The summed E-state index contributed by atoms with van der Waals surface area (Å²) in [5.74, 6) is 1.54. The van der Waals surface area contributed by atoms with Crippen LogP contribution in [0.2, 0.25) is 0 Å². The summed E-state index contributed by atoms with van der Waals surface area (Å²) in [6.45, 7) is 3.23. The van der Waals surface area contributed by atoms with Crippen molar-refractivity contribution in [2.45, 2.75) is 71.2 Å². The first-order valence-electron chi connectivity index (χ1n) is 11.9. The molecule has 0 aromatic heterocycles. The van der Waals surface area contributed by atoms with Crippen LogP contribution in [0.5, 0.6) is 11.5 Å². The molecule has 3 rings (SSSR count). The number of unbranched alkanes of at least 4 members (excludes halogenated alkanes) is 4. The maximum atomic E-state index is 10.6. The van der Waals surface area contributed by atoms with Crippen LogP contribution in [-0.2, 0) is 19.6 Å². The molecule has 1 N–H and O–H groups in total. The van der Waals surface area contributed by atoms with Crippen LogP contribution in [0.4, 0.5) is 0 Å². The number of aliphatic hydroxyl groups excluding tert-OH is 1. The van der Waals surface area contributed by atoms with Crippen molar-refractivity contribution in [2.24, 2.45) is 0 Å². The Balaban J connectivity index is 1.63. The number of hydrogen-bond donors (Lipinski definition) is 1. The molecule has 0 bridgehead atoms. The third-order valence-electron chi connectivity index (χ3n) is 5.55. The van der Waals surface area contributed by atoms with E-state index >= 15 is 0 Å². The smallest absolute Gasteiger partial charge is 0.123 e. The molecule has 0 aliphatic carbocycles. The van der Waals surface area contributed by atoms with Gasteiger partial charge < -0.3 is 14.6 Å². The molecule has 0 aliphatic rings. The lowest BCUT2D eigenvalue weighted by Crippen LogP contribution is -2.10. The minimum absolute atomic E-state index is 0.344. The van der Waals surface area contributed by atoms with Crippen molar-refractivity contribution >= 4 is 0 Å². The molecule has 0 unspecified atom stereocenters. The second-order valence-electron chi connectivity index (χ2n) is 8.42. The van der Waals surface area contributed by atoms with Crippen molar-refractivity contribution < 1.29 is 14.6 Å². The SMILES string of the molecule is CCCCCCC[C@@H](O)Cc1cc(OCc2ccccc2)cc(OCc2ccccc2)c1. The molecule has 1 atom stereocenters. The first-order chi connectivity index (χ1) is 15.7. The van der Waals surface area contributed by atoms with E-state index < -0.39 is 0 Å². The predicted molar refractivity (Wildman–Crippen MR) is 131 cm³/mol. The summed E-state index contributed by atoms with van der Waals surface area (Å²) in [5, 5.41) is 10.6. The Bertz CT molecular complexity index is 831. The monoisotopic (exact) mass is 432 g/mol. The van der Waals surface area contributed by atoms with Crippen molar-refractivity contribution in [2.75, 3.05) is 0 Å². The highest BCUT2D eigenvalue weighted by atomic mass is 16.5. The van der Waals surface area contributed by atoms with Crippen LogP contribution in [0.25, 0.3) is 0 Å². The molecule has 3 nitrogen and oxygen atoms in total. The Kier molecular flexibility index (Phi) is 10.1. The Morgan fingerprint density at radius 2 is 1.19 bits per heavy atom. The van der Waals surface area contributed by atoms with Crippen LogP contribution >= 0.6 is 0 Å². The quantitative estimate of drug-likeness (QED) is 0.276.